The standard InChI is InChI=1S/C35H43N5O5Si/c1-21-19-40(20-28(39-34(42)43)31(21)45-46(5,6)35(2,3)4)29-14-15-36-18-27(29)37-32(41)26-13-12-23-16-30(44-33(23)38-26)25-17-24(25)22-10-8-7-9-11-22/h7-16,18,21,24-25,28,31,39H,17,19-20H2,1-6H3,(H,37,41)(H,42,43)/t21-,24+,25-,28+,31+/m0/s1. The molecule has 0 bridgehead atoms. The van der Waals surface area contributed by atoms with E-state index in [1.807, 2.05) is 24.3 Å². The minimum absolute atomic E-state index is 0.0154. The first kappa shape index (κ1) is 31.7. The fraction of sp³-hybridized carbons (Fsp3) is 0.429. The van der Waals surface area contributed by atoms with E-state index in [0.717, 1.165) is 23.3 Å². The molecule has 0 radical (unpaired) electrons. The van der Waals surface area contributed by atoms with Crippen molar-refractivity contribution in [2.45, 2.75) is 76.2 Å². The second kappa shape index (κ2) is 12.2. The van der Waals surface area contributed by atoms with Gasteiger partial charge in [0.2, 0.25) is 5.71 Å². The SMILES string of the molecule is C[C@H]1CN(c2ccncc2NC(=O)c2ccc3cc([C@H]4C[C@@H]4c4ccccc4)oc3n2)C[C@@H](NC(=O)O)[C@@H]1O[Si](C)(C)C(C)(C)C. The molecule has 2 fully saturated rings. The molecule has 11 heteroatoms. The second-order valence-corrected chi connectivity index (χ2v) is 19.0. The molecule has 242 valence electrons. The van der Waals surface area contributed by atoms with Gasteiger partial charge in [0.1, 0.15) is 11.5 Å². The number of nitrogens with zero attached hydrogens (tertiary/aromatic N) is 3. The van der Waals surface area contributed by atoms with Crippen LogP contribution in [0.5, 0.6) is 0 Å². The zero-order valence-electron chi connectivity index (χ0n) is 27.3. The summed E-state index contributed by atoms with van der Waals surface area (Å²) in [5, 5.41) is 16.3. The Bertz CT molecular complexity index is 1740. The lowest BCUT2D eigenvalue weighted by Crippen LogP contribution is -2.62. The van der Waals surface area contributed by atoms with Crippen LogP contribution in [0, 0.1) is 5.92 Å². The Kier molecular flexibility index (Phi) is 8.41. The number of furan rings is 1. The Morgan fingerprint density at radius 2 is 1.83 bits per heavy atom. The lowest BCUT2D eigenvalue weighted by atomic mass is 9.92. The molecule has 1 aliphatic heterocycles. The van der Waals surface area contributed by atoms with Gasteiger partial charge in [0.25, 0.3) is 5.91 Å². The summed E-state index contributed by atoms with van der Waals surface area (Å²) in [6, 6.07) is 17.4. The number of hydrogen-bond acceptors (Lipinski definition) is 7. The van der Waals surface area contributed by atoms with Crippen LogP contribution < -0.4 is 15.5 Å². The first-order chi connectivity index (χ1) is 21.8. The summed E-state index contributed by atoms with van der Waals surface area (Å²) in [5.74, 6) is 1.27. The molecule has 2 aliphatic rings. The number of piperidine rings is 1. The van der Waals surface area contributed by atoms with E-state index in [4.69, 9.17) is 8.84 Å². The predicted molar refractivity (Wildman–Crippen MR) is 181 cm³/mol. The third kappa shape index (κ3) is 6.52. The molecule has 0 unspecified atom stereocenters. The summed E-state index contributed by atoms with van der Waals surface area (Å²) < 4.78 is 12.9. The van der Waals surface area contributed by atoms with Gasteiger partial charge in [-0.2, -0.15) is 0 Å². The maximum absolute atomic E-state index is 13.5. The maximum Gasteiger partial charge on any atom is 0.405 e. The van der Waals surface area contributed by atoms with Crippen molar-refractivity contribution in [3.8, 4) is 0 Å². The zero-order chi connectivity index (χ0) is 32.8. The van der Waals surface area contributed by atoms with Crippen molar-refractivity contribution in [3.05, 3.63) is 84.0 Å². The van der Waals surface area contributed by atoms with Gasteiger partial charge in [-0.05, 0) is 60.3 Å². The number of anilines is 2. The van der Waals surface area contributed by atoms with Gasteiger partial charge in [0, 0.05) is 36.5 Å². The number of aromatic nitrogens is 2. The average Bonchev–Trinajstić information content (AvgIpc) is 3.69. The molecule has 10 nitrogen and oxygen atoms in total. The number of nitrogens with one attached hydrogen (secondary N) is 2. The van der Waals surface area contributed by atoms with Crippen LogP contribution in [0.15, 0.2) is 71.4 Å². The van der Waals surface area contributed by atoms with Crippen molar-refractivity contribution >= 4 is 42.8 Å². The molecule has 1 saturated heterocycles. The van der Waals surface area contributed by atoms with E-state index in [1.54, 1.807) is 18.5 Å². The third-order valence-electron chi connectivity index (χ3n) is 9.83. The monoisotopic (exact) mass is 641 g/mol. The number of carbonyl (C=O) groups excluding carboxylic acids is 1. The fourth-order valence-electron chi connectivity index (χ4n) is 6.23. The van der Waals surface area contributed by atoms with Crippen molar-refractivity contribution < 1.29 is 23.5 Å². The molecule has 1 aliphatic carbocycles. The lowest BCUT2D eigenvalue weighted by molar-refractivity contribution is 0.0722. The molecule has 46 heavy (non-hydrogen) atoms. The largest absolute Gasteiger partial charge is 0.465 e. The van der Waals surface area contributed by atoms with E-state index >= 15 is 0 Å². The van der Waals surface area contributed by atoms with Crippen molar-refractivity contribution in [2.75, 3.05) is 23.3 Å². The summed E-state index contributed by atoms with van der Waals surface area (Å²) in [5.41, 5.74) is 3.25. The van der Waals surface area contributed by atoms with Crippen LogP contribution in [0.2, 0.25) is 18.1 Å². The van der Waals surface area contributed by atoms with E-state index in [0.29, 0.717) is 36.3 Å². The van der Waals surface area contributed by atoms with Gasteiger partial charge < -0.3 is 29.5 Å². The molecular formula is C35H43N5O5Si. The van der Waals surface area contributed by atoms with Gasteiger partial charge in [0.15, 0.2) is 8.32 Å². The van der Waals surface area contributed by atoms with Crippen molar-refractivity contribution in [1.29, 1.82) is 0 Å². The first-order valence-electron chi connectivity index (χ1n) is 15.9. The molecule has 5 atom stereocenters. The summed E-state index contributed by atoms with van der Waals surface area (Å²) in [7, 11) is -2.17. The summed E-state index contributed by atoms with van der Waals surface area (Å²) >= 11 is 0. The Labute approximate surface area is 270 Å². The van der Waals surface area contributed by atoms with Gasteiger partial charge in [-0.15, -0.1) is 0 Å². The van der Waals surface area contributed by atoms with E-state index in [1.165, 1.54) is 5.56 Å². The van der Waals surface area contributed by atoms with Crippen molar-refractivity contribution in [2.24, 2.45) is 5.92 Å². The fourth-order valence-corrected chi connectivity index (χ4v) is 7.66. The summed E-state index contributed by atoms with van der Waals surface area (Å²) in [4.78, 5) is 36.3. The topological polar surface area (TPSA) is 130 Å². The Morgan fingerprint density at radius 3 is 2.54 bits per heavy atom. The Morgan fingerprint density at radius 1 is 1.07 bits per heavy atom. The minimum atomic E-state index is -2.17. The van der Waals surface area contributed by atoms with Crippen LogP contribution in [0.1, 0.15) is 67.8 Å². The molecule has 1 aromatic carbocycles. The van der Waals surface area contributed by atoms with Gasteiger partial charge in [-0.3, -0.25) is 9.78 Å². The minimum Gasteiger partial charge on any atom is -0.465 e. The number of fused-ring (bicyclic) bond motifs is 1. The van der Waals surface area contributed by atoms with E-state index < -0.39 is 20.5 Å². The van der Waals surface area contributed by atoms with Gasteiger partial charge >= 0.3 is 6.09 Å². The number of rotatable bonds is 8. The molecule has 2 amide bonds. The highest BCUT2D eigenvalue weighted by molar-refractivity contribution is 6.74. The molecule has 1 saturated carbocycles. The molecule has 6 rings (SSSR count). The highest BCUT2D eigenvalue weighted by Crippen LogP contribution is 2.55. The zero-order valence-corrected chi connectivity index (χ0v) is 28.3. The van der Waals surface area contributed by atoms with Gasteiger partial charge in [0.05, 0.1) is 29.7 Å². The second-order valence-electron chi connectivity index (χ2n) is 14.2. The number of amides is 2. The quantitative estimate of drug-likeness (QED) is 0.172. The number of benzene rings is 1. The summed E-state index contributed by atoms with van der Waals surface area (Å²) in [6.07, 6.45) is 2.94. The molecule has 3 N–H and O–H groups in total. The predicted octanol–water partition coefficient (Wildman–Crippen LogP) is 7.23. The lowest BCUT2D eigenvalue weighted by Gasteiger charge is -2.48. The van der Waals surface area contributed by atoms with Crippen molar-refractivity contribution in [1.82, 2.24) is 15.3 Å². The van der Waals surface area contributed by atoms with Crippen molar-refractivity contribution in [3.63, 3.8) is 0 Å². The highest BCUT2D eigenvalue weighted by atomic mass is 28.4. The van der Waals surface area contributed by atoms with Crippen LogP contribution in [-0.2, 0) is 4.43 Å². The number of pyridine rings is 2. The van der Waals surface area contributed by atoms with Gasteiger partial charge in [-0.25, -0.2) is 9.78 Å². The molecule has 4 aromatic rings. The Balaban J connectivity index is 1.18. The normalized spacial score (nSPS) is 23.3. The third-order valence-corrected chi connectivity index (χ3v) is 14.3. The maximum atomic E-state index is 13.5. The van der Waals surface area contributed by atoms with E-state index in [-0.39, 0.29) is 28.7 Å². The first-order valence-corrected chi connectivity index (χ1v) is 18.8. The van der Waals surface area contributed by atoms with Crippen LogP contribution in [0.4, 0.5) is 16.2 Å². The average molecular weight is 642 g/mol. The van der Waals surface area contributed by atoms with E-state index in [2.05, 4.69) is 90.6 Å². The van der Waals surface area contributed by atoms with Gasteiger partial charge in [-0.1, -0.05) is 58.0 Å². The number of hydrogen-bond donors (Lipinski definition) is 3. The molecule has 0 spiro atoms. The van der Waals surface area contributed by atoms with Crippen LogP contribution in [-0.4, -0.2) is 60.6 Å². The molecule has 3 aromatic heterocycles. The summed E-state index contributed by atoms with van der Waals surface area (Å²) in [6.45, 7) is 14.0. The number of carbonyl (C=O) groups is 2. The smallest absolute Gasteiger partial charge is 0.405 e. The number of carboxylic acid groups (broad SMARTS) is 1. The van der Waals surface area contributed by atoms with Crippen LogP contribution in [0.3, 0.4) is 0 Å². The molecular weight excluding hydrogens is 599 g/mol. The van der Waals surface area contributed by atoms with E-state index in [9.17, 15) is 14.7 Å². The van der Waals surface area contributed by atoms with Crippen LogP contribution in [0.25, 0.3) is 11.1 Å². The molecule has 4 heterocycles. The highest BCUT2D eigenvalue weighted by Gasteiger charge is 2.45. The van der Waals surface area contributed by atoms with Crippen LogP contribution >= 0.6 is 0 Å². The Hall–Kier alpha value is -4.22.